The van der Waals surface area contributed by atoms with E-state index in [1.165, 1.54) is 12.1 Å². The summed E-state index contributed by atoms with van der Waals surface area (Å²) in [5.74, 6) is -0.00341. The van der Waals surface area contributed by atoms with Crippen LogP contribution >= 0.6 is 0 Å². The molecule has 2 bridgehead atoms. The summed E-state index contributed by atoms with van der Waals surface area (Å²) in [6.07, 6.45) is 5.03. The number of hydrogen-bond donors (Lipinski definition) is 0. The van der Waals surface area contributed by atoms with E-state index in [0.717, 1.165) is 17.5 Å². The van der Waals surface area contributed by atoms with Crippen molar-refractivity contribution in [3.8, 4) is 0 Å². The van der Waals surface area contributed by atoms with Crippen molar-refractivity contribution in [3.05, 3.63) is 88.0 Å². The average Bonchev–Trinajstić information content (AvgIpc) is 3.37. The molecule has 1 spiro atoms. The van der Waals surface area contributed by atoms with Gasteiger partial charge in [0.1, 0.15) is 0 Å². The van der Waals surface area contributed by atoms with E-state index in [1.807, 2.05) is 30.3 Å². The van der Waals surface area contributed by atoms with Gasteiger partial charge in [-0.3, -0.25) is 10.1 Å². The van der Waals surface area contributed by atoms with Gasteiger partial charge in [0.25, 0.3) is 5.69 Å². The first-order valence-corrected chi connectivity index (χ1v) is 8.90. The zero-order chi connectivity index (χ0) is 18.6. The molecule has 3 aliphatic rings. The molecule has 0 saturated heterocycles. The molecule has 134 valence electrons. The molecule has 0 aromatic heterocycles. The number of rotatable bonds is 3. The molecule has 2 aromatic rings. The number of cyclic esters (lactones) is 1. The normalized spacial score (nSPS) is 30.6. The van der Waals surface area contributed by atoms with Gasteiger partial charge < -0.3 is 4.74 Å². The van der Waals surface area contributed by atoms with Gasteiger partial charge in [-0.2, -0.15) is 0 Å². The predicted molar refractivity (Wildman–Crippen MR) is 98.4 cm³/mol. The molecule has 2 aromatic carbocycles. The zero-order valence-electron chi connectivity index (χ0n) is 14.3. The fourth-order valence-electron chi connectivity index (χ4n) is 4.70. The van der Waals surface area contributed by atoms with Crippen LogP contribution in [-0.2, 0) is 9.53 Å². The van der Waals surface area contributed by atoms with Crippen LogP contribution in [0.15, 0.2) is 71.7 Å². The van der Waals surface area contributed by atoms with E-state index in [4.69, 9.17) is 9.73 Å². The summed E-state index contributed by atoms with van der Waals surface area (Å²) in [7, 11) is 0. The summed E-state index contributed by atoms with van der Waals surface area (Å²) in [5.41, 5.74) is 0.708. The van der Waals surface area contributed by atoms with Gasteiger partial charge in [-0.15, -0.1) is 0 Å². The Morgan fingerprint density at radius 1 is 1.07 bits per heavy atom. The maximum atomic E-state index is 13.1. The molecule has 0 radical (unpaired) electrons. The number of hydrogen-bond acceptors (Lipinski definition) is 5. The van der Waals surface area contributed by atoms with E-state index in [2.05, 4.69) is 12.2 Å². The molecule has 1 saturated carbocycles. The van der Waals surface area contributed by atoms with Gasteiger partial charge in [-0.25, -0.2) is 9.79 Å². The minimum atomic E-state index is -0.985. The standard InChI is InChI=1S/C21H16N2O4/c24-20-21(22-19(27-20)14-4-2-1-3-5-14)16-9-6-15(12-16)18(21)13-7-10-17(11-8-13)23(25)26/h1-11,15-16,18H,12H2/t15-,16+,18-,21+/m0/s1. The van der Waals surface area contributed by atoms with Crippen molar-refractivity contribution in [3.63, 3.8) is 0 Å². The van der Waals surface area contributed by atoms with Crippen LogP contribution in [0.2, 0.25) is 0 Å². The summed E-state index contributed by atoms with van der Waals surface area (Å²) in [5, 5.41) is 11.0. The van der Waals surface area contributed by atoms with Crippen LogP contribution in [0.1, 0.15) is 23.5 Å². The number of esters is 1. The lowest BCUT2D eigenvalue weighted by molar-refractivity contribution is -0.384. The molecular weight excluding hydrogens is 344 g/mol. The first kappa shape index (κ1) is 15.9. The van der Waals surface area contributed by atoms with Gasteiger partial charge >= 0.3 is 5.97 Å². The maximum absolute atomic E-state index is 13.1. The van der Waals surface area contributed by atoms with Gasteiger partial charge in [0.2, 0.25) is 5.90 Å². The predicted octanol–water partition coefficient (Wildman–Crippen LogP) is 3.63. The molecule has 1 aliphatic heterocycles. The number of fused-ring (bicyclic) bond motifs is 3. The van der Waals surface area contributed by atoms with Crippen LogP contribution < -0.4 is 0 Å². The molecule has 6 heteroatoms. The Morgan fingerprint density at radius 2 is 1.81 bits per heavy atom. The fraction of sp³-hybridized carbons (Fsp3) is 0.238. The quantitative estimate of drug-likeness (QED) is 0.362. The lowest BCUT2D eigenvalue weighted by atomic mass is 9.73. The first-order valence-electron chi connectivity index (χ1n) is 8.90. The van der Waals surface area contributed by atoms with Gasteiger partial charge in [0, 0.05) is 29.5 Å². The van der Waals surface area contributed by atoms with Crippen LogP contribution in [0.5, 0.6) is 0 Å². The number of nitro groups is 1. The number of carbonyl (C=O) groups excluding carboxylic acids is 1. The third kappa shape index (κ3) is 2.19. The van der Waals surface area contributed by atoms with Crippen molar-refractivity contribution in [1.29, 1.82) is 0 Å². The molecule has 0 amide bonds. The minimum absolute atomic E-state index is 0.0172. The van der Waals surface area contributed by atoms with E-state index < -0.39 is 10.5 Å². The summed E-state index contributed by atoms with van der Waals surface area (Å²) in [6.45, 7) is 0. The Kier molecular flexibility index (Phi) is 3.31. The molecule has 27 heavy (non-hydrogen) atoms. The number of allylic oxidation sites excluding steroid dienone is 1. The number of nitro benzene ring substituents is 1. The summed E-state index contributed by atoms with van der Waals surface area (Å²) in [6, 6.07) is 15.9. The number of ether oxygens (including phenoxy) is 1. The summed E-state index contributed by atoms with van der Waals surface area (Å²) >= 11 is 0. The van der Waals surface area contributed by atoms with Crippen molar-refractivity contribution in [2.45, 2.75) is 17.9 Å². The number of benzene rings is 2. The SMILES string of the molecule is O=C1OC(c2ccccc2)=N[C@@]12[C@@H]1C=C[C@@H](C1)[C@@H]2c1ccc([N+](=O)[O-])cc1. The van der Waals surface area contributed by atoms with Crippen molar-refractivity contribution in [1.82, 2.24) is 0 Å². The number of carbonyl (C=O) groups is 1. The highest BCUT2D eigenvalue weighted by Crippen LogP contribution is 2.59. The number of nitrogens with zero attached hydrogens (tertiary/aromatic N) is 2. The lowest BCUT2D eigenvalue weighted by Crippen LogP contribution is -2.44. The second kappa shape index (κ2) is 5.61. The Morgan fingerprint density at radius 3 is 2.52 bits per heavy atom. The smallest absolute Gasteiger partial charge is 0.342 e. The van der Waals surface area contributed by atoms with Crippen LogP contribution in [0.25, 0.3) is 0 Å². The second-order valence-corrected chi connectivity index (χ2v) is 7.22. The highest BCUT2D eigenvalue weighted by molar-refractivity contribution is 6.09. The molecule has 1 heterocycles. The molecule has 0 N–H and O–H groups in total. The molecule has 4 atom stereocenters. The molecule has 2 aliphatic carbocycles. The van der Waals surface area contributed by atoms with E-state index in [9.17, 15) is 14.9 Å². The van der Waals surface area contributed by atoms with Gasteiger partial charge in [-0.05, 0) is 30.0 Å². The van der Waals surface area contributed by atoms with Crippen molar-refractivity contribution >= 4 is 17.6 Å². The van der Waals surface area contributed by atoms with Crippen LogP contribution in [0.4, 0.5) is 5.69 Å². The van der Waals surface area contributed by atoms with Crippen LogP contribution in [0, 0.1) is 22.0 Å². The third-order valence-corrected chi connectivity index (χ3v) is 5.87. The lowest BCUT2D eigenvalue weighted by Gasteiger charge is -2.32. The van der Waals surface area contributed by atoms with Crippen molar-refractivity contribution in [2.24, 2.45) is 16.8 Å². The highest BCUT2D eigenvalue weighted by Gasteiger charge is 2.65. The van der Waals surface area contributed by atoms with E-state index in [1.54, 1.807) is 12.1 Å². The van der Waals surface area contributed by atoms with Crippen LogP contribution in [0.3, 0.4) is 0 Å². The molecule has 1 fully saturated rings. The third-order valence-electron chi connectivity index (χ3n) is 5.87. The van der Waals surface area contributed by atoms with Crippen molar-refractivity contribution in [2.75, 3.05) is 0 Å². The van der Waals surface area contributed by atoms with E-state index in [0.29, 0.717) is 5.90 Å². The van der Waals surface area contributed by atoms with E-state index in [-0.39, 0.29) is 29.4 Å². The molecule has 6 nitrogen and oxygen atoms in total. The first-order chi connectivity index (χ1) is 13.1. The van der Waals surface area contributed by atoms with Gasteiger partial charge in [-0.1, -0.05) is 42.5 Å². The van der Waals surface area contributed by atoms with Gasteiger partial charge in [0.05, 0.1) is 4.92 Å². The Bertz CT molecular complexity index is 997. The topological polar surface area (TPSA) is 81.8 Å². The van der Waals surface area contributed by atoms with Gasteiger partial charge in [0.15, 0.2) is 5.54 Å². The minimum Gasteiger partial charge on any atom is -0.405 e. The molecule has 5 rings (SSSR count). The maximum Gasteiger partial charge on any atom is 0.342 e. The zero-order valence-corrected chi connectivity index (χ0v) is 14.3. The average molecular weight is 360 g/mol. The Labute approximate surface area is 155 Å². The largest absolute Gasteiger partial charge is 0.405 e. The second-order valence-electron chi connectivity index (χ2n) is 7.22. The Hall–Kier alpha value is -3.28. The highest BCUT2D eigenvalue weighted by atomic mass is 16.6. The van der Waals surface area contributed by atoms with Crippen molar-refractivity contribution < 1.29 is 14.5 Å². The summed E-state index contributed by atoms with van der Waals surface area (Å²) in [4.78, 5) is 28.4. The van der Waals surface area contributed by atoms with E-state index >= 15 is 0 Å². The number of aliphatic imine (C=N–C) groups is 1. The van der Waals surface area contributed by atoms with Crippen LogP contribution in [-0.4, -0.2) is 22.3 Å². The number of non-ortho nitro benzene ring substituents is 1. The summed E-state index contributed by atoms with van der Waals surface area (Å²) < 4.78 is 5.62. The Balaban J connectivity index is 1.61. The monoisotopic (exact) mass is 360 g/mol. The molecule has 0 unspecified atom stereocenters. The fourth-order valence-corrected chi connectivity index (χ4v) is 4.70. The molecular formula is C21H16N2O4.